The van der Waals surface area contributed by atoms with Gasteiger partial charge in [-0.25, -0.2) is 9.59 Å². The Kier molecular flexibility index (Phi) is 4.51. The Morgan fingerprint density at radius 1 is 0.958 bits per heavy atom. The van der Waals surface area contributed by atoms with Crippen molar-refractivity contribution in [2.24, 2.45) is 0 Å². The Bertz CT molecular complexity index is 798. The molecule has 1 aliphatic carbocycles. The minimum atomic E-state index is -0.584. The van der Waals surface area contributed by atoms with Crippen LogP contribution in [0.1, 0.15) is 38.3 Å². The lowest BCUT2D eigenvalue weighted by molar-refractivity contribution is 0.0556. The summed E-state index contributed by atoms with van der Waals surface area (Å²) in [5.41, 5.74) is 4.44. The first-order chi connectivity index (χ1) is 11.6. The molecule has 0 saturated heterocycles. The number of benzene rings is 2. The predicted octanol–water partition coefficient (Wildman–Crippen LogP) is 3.49. The molecule has 1 N–H and O–H groups in total. The summed E-state index contributed by atoms with van der Waals surface area (Å²) in [6.07, 6.45) is 3.35. The number of carbonyl (C=O) groups is 2. The van der Waals surface area contributed by atoms with Crippen LogP contribution in [0.15, 0.2) is 36.4 Å². The summed E-state index contributed by atoms with van der Waals surface area (Å²) in [4.78, 5) is 24.1. The highest BCUT2D eigenvalue weighted by Gasteiger charge is 2.22. The van der Waals surface area contributed by atoms with Crippen molar-refractivity contribution in [3.05, 3.63) is 58.7 Å². The van der Waals surface area contributed by atoms with Crippen LogP contribution >= 0.6 is 0 Å². The van der Waals surface area contributed by atoms with E-state index in [-0.39, 0.29) is 11.1 Å². The maximum Gasteiger partial charge on any atom is 0.340 e. The number of aryl methyl sites for hydroxylation is 2. The number of hydrogen-bond donors (Lipinski definition) is 1. The van der Waals surface area contributed by atoms with Crippen LogP contribution in [0.4, 0.5) is 11.4 Å². The maximum absolute atomic E-state index is 12.2. The van der Waals surface area contributed by atoms with E-state index in [2.05, 4.69) is 17.4 Å². The van der Waals surface area contributed by atoms with Crippen LogP contribution in [-0.4, -0.2) is 26.2 Å². The van der Waals surface area contributed by atoms with E-state index in [1.807, 2.05) is 6.07 Å². The zero-order valence-electron chi connectivity index (χ0n) is 13.7. The molecule has 0 fully saturated rings. The van der Waals surface area contributed by atoms with Gasteiger partial charge >= 0.3 is 11.9 Å². The topological polar surface area (TPSA) is 64.6 Å². The molecule has 0 unspecified atom stereocenters. The summed E-state index contributed by atoms with van der Waals surface area (Å²) in [6, 6.07) is 11.2. The molecule has 3 rings (SSSR count). The maximum atomic E-state index is 12.2. The molecule has 0 bridgehead atoms. The van der Waals surface area contributed by atoms with Gasteiger partial charge in [0, 0.05) is 5.69 Å². The summed E-state index contributed by atoms with van der Waals surface area (Å²) < 4.78 is 9.60. The molecule has 0 amide bonds. The third-order valence-electron chi connectivity index (χ3n) is 4.24. The zero-order valence-corrected chi connectivity index (χ0v) is 13.7. The average molecular weight is 325 g/mol. The highest BCUT2D eigenvalue weighted by molar-refractivity contribution is 6.07. The van der Waals surface area contributed by atoms with Crippen LogP contribution in [0, 0.1) is 0 Å². The normalized spacial score (nSPS) is 12.4. The number of anilines is 2. The second-order valence-electron chi connectivity index (χ2n) is 5.67. The molecule has 0 spiro atoms. The molecule has 5 heteroatoms. The fraction of sp³-hybridized carbons (Fsp3) is 0.263. The average Bonchev–Trinajstić information content (AvgIpc) is 3.08. The van der Waals surface area contributed by atoms with E-state index in [1.54, 1.807) is 18.2 Å². The molecular formula is C19H19NO4. The van der Waals surface area contributed by atoms with E-state index in [1.165, 1.54) is 31.8 Å². The van der Waals surface area contributed by atoms with Crippen LogP contribution in [0.3, 0.4) is 0 Å². The van der Waals surface area contributed by atoms with E-state index < -0.39 is 11.9 Å². The van der Waals surface area contributed by atoms with E-state index >= 15 is 0 Å². The molecule has 0 saturated carbocycles. The number of hydrogen-bond acceptors (Lipinski definition) is 5. The summed E-state index contributed by atoms with van der Waals surface area (Å²) in [6.45, 7) is 0. The fourth-order valence-corrected chi connectivity index (χ4v) is 3.06. The van der Waals surface area contributed by atoms with E-state index in [0.717, 1.165) is 18.5 Å². The second kappa shape index (κ2) is 6.74. The SMILES string of the molecule is COC(=O)c1cccc(Nc2ccc3c(c2)CCC3)c1C(=O)OC. The lowest BCUT2D eigenvalue weighted by atomic mass is 10.0. The monoisotopic (exact) mass is 325 g/mol. The summed E-state index contributed by atoms with van der Waals surface area (Å²) in [5.74, 6) is -1.16. The quantitative estimate of drug-likeness (QED) is 0.872. The molecule has 1 aliphatic rings. The number of fused-ring (bicyclic) bond motifs is 1. The lowest BCUT2D eigenvalue weighted by Crippen LogP contribution is -2.14. The summed E-state index contributed by atoms with van der Waals surface area (Å²) >= 11 is 0. The number of carbonyl (C=O) groups excluding carboxylic acids is 2. The van der Waals surface area contributed by atoms with Crippen LogP contribution in [-0.2, 0) is 22.3 Å². The van der Waals surface area contributed by atoms with Gasteiger partial charge in [-0.05, 0) is 54.7 Å². The van der Waals surface area contributed by atoms with E-state index in [4.69, 9.17) is 9.47 Å². The molecule has 2 aromatic rings. The molecule has 124 valence electrons. The van der Waals surface area contributed by atoms with Gasteiger partial charge in [0.05, 0.1) is 31.0 Å². The van der Waals surface area contributed by atoms with Crippen molar-refractivity contribution in [3.8, 4) is 0 Å². The Labute approximate surface area is 140 Å². The van der Waals surface area contributed by atoms with Crippen LogP contribution in [0.25, 0.3) is 0 Å². The van der Waals surface area contributed by atoms with Crippen molar-refractivity contribution >= 4 is 23.3 Å². The second-order valence-corrected chi connectivity index (χ2v) is 5.67. The minimum Gasteiger partial charge on any atom is -0.465 e. The molecule has 0 atom stereocenters. The van der Waals surface area contributed by atoms with Gasteiger partial charge in [0.25, 0.3) is 0 Å². The minimum absolute atomic E-state index is 0.173. The molecule has 0 heterocycles. The molecule has 5 nitrogen and oxygen atoms in total. The van der Waals surface area contributed by atoms with Gasteiger partial charge in [-0.1, -0.05) is 12.1 Å². The van der Waals surface area contributed by atoms with Crippen molar-refractivity contribution in [1.29, 1.82) is 0 Å². The van der Waals surface area contributed by atoms with Crippen molar-refractivity contribution in [3.63, 3.8) is 0 Å². The first kappa shape index (κ1) is 16.1. The van der Waals surface area contributed by atoms with Crippen molar-refractivity contribution in [1.82, 2.24) is 0 Å². The number of ether oxygens (including phenoxy) is 2. The molecule has 24 heavy (non-hydrogen) atoms. The molecule has 2 aromatic carbocycles. The standard InChI is InChI=1S/C19H19NO4/c1-23-18(21)15-7-4-8-16(17(15)19(22)24-2)20-14-10-9-12-5-3-6-13(12)11-14/h4,7-11,20H,3,5-6H2,1-2H3. The van der Waals surface area contributed by atoms with Gasteiger partial charge in [-0.15, -0.1) is 0 Å². The van der Waals surface area contributed by atoms with Gasteiger partial charge in [-0.3, -0.25) is 0 Å². The first-order valence-electron chi connectivity index (χ1n) is 7.82. The first-order valence-corrected chi connectivity index (χ1v) is 7.82. The molecular weight excluding hydrogens is 306 g/mol. The number of esters is 2. The Morgan fingerprint density at radius 2 is 1.71 bits per heavy atom. The van der Waals surface area contributed by atoms with Gasteiger partial charge in [-0.2, -0.15) is 0 Å². The van der Waals surface area contributed by atoms with Gasteiger partial charge in [0.1, 0.15) is 0 Å². The van der Waals surface area contributed by atoms with Crippen LogP contribution in [0.5, 0.6) is 0 Å². The van der Waals surface area contributed by atoms with Gasteiger partial charge in [0.2, 0.25) is 0 Å². The number of rotatable bonds is 4. The van der Waals surface area contributed by atoms with Crippen LogP contribution < -0.4 is 5.32 Å². The van der Waals surface area contributed by atoms with Crippen molar-refractivity contribution in [2.75, 3.05) is 19.5 Å². The van der Waals surface area contributed by atoms with E-state index in [9.17, 15) is 9.59 Å². The Morgan fingerprint density at radius 3 is 2.46 bits per heavy atom. The molecule has 0 aliphatic heterocycles. The summed E-state index contributed by atoms with van der Waals surface area (Å²) in [5, 5.41) is 3.23. The van der Waals surface area contributed by atoms with Gasteiger partial charge in [0.15, 0.2) is 0 Å². The lowest BCUT2D eigenvalue weighted by Gasteiger charge is -2.14. The van der Waals surface area contributed by atoms with Crippen molar-refractivity contribution in [2.45, 2.75) is 19.3 Å². The third kappa shape index (κ3) is 2.97. The predicted molar refractivity (Wildman–Crippen MR) is 90.9 cm³/mol. The Hall–Kier alpha value is -2.82. The smallest absolute Gasteiger partial charge is 0.340 e. The Balaban J connectivity index is 2.01. The highest BCUT2D eigenvalue weighted by atomic mass is 16.5. The van der Waals surface area contributed by atoms with Crippen LogP contribution in [0.2, 0.25) is 0 Å². The van der Waals surface area contributed by atoms with Gasteiger partial charge < -0.3 is 14.8 Å². The third-order valence-corrected chi connectivity index (χ3v) is 4.24. The van der Waals surface area contributed by atoms with E-state index in [0.29, 0.717) is 5.69 Å². The van der Waals surface area contributed by atoms with Crippen molar-refractivity contribution < 1.29 is 19.1 Å². The molecule has 0 radical (unpaired) electrons. The molecule has 0 aromatic heterocycles. The fourth-order valence-electron chi connectivity index (χ4n) is 3.06. The summed E-state index contributed by atoms with van der Waals surface area (Å²) in [7, 11) is 2.57. The zero-order chi connectivity index (χ0) is 17.1. The number of nitrogens with one attached hydrogen (secondary N) is 1. The number of methoxy groups -OCH3 is 2. The highest BCUT2D eigenvalue weighted by Crippen LogP contribution is 2.29. The largest absolute Gasteiger partial charge is 0.465 e.